The standard InChI is InChI=1S/C29H32N2O6/c1-3-4-10-24(31-17-19(2)13-22(29(31)35)14-20-8-6-5-7-9-20)28(34)30-23(16-27(32)33)21-11-12-25-26(15-21)37-18-36-25/h5-9,11-13,15,17,23-24H,3-4,10,14,16,18H2,1-2H3,(H,30,34)(H,32,33)/t23-,24-/m0/s1. The molecular formula is C29H32N2O6. The molecule has 0 unspecified atom stereocenters. The molecule has 1 aromatic heterocycles. The number of rotatable bonds is 11. The first-order chi connectivity index (χ1) is 17.9. The van der Waals surface area contributed by atoms with Crippen molar-refractivity contribution in [2.24, 2.45) is 0 Å². The van der Waals surface area contributed by atoms with Gasteiger partial charge in [-0.1, -0.05) is 56.2 Å². The van der Waals surface area contributed by atoms with E-state index in [1.807, 2.05) is 50.2 Å². The summed E-state index contributed by atoms with van der Waals surface area (Å²) >= 11 is 0. The molecule has 8 heteroatoms. The average molecular weight is 505 g/mol. The number of fused-ring (bicyclic) bond motifs is 1. The van der Waals surface area contributed by atoms with Crippen molar-refractivity contribution in [2.45, 2.75) is 58.0 Å². The van der Waals surface area contributed by atoms with Crippen LogP contribution in [0.3, 0.4) is 0 Å². The number of amides is 1. The molecule has 0 bridgehead atoms. The number of nitrogens with zero attached hydrogens (tertiary/aromatic N) is 1. The number of aryl methyl sites for hydroxylation is 1. The van der Waals surface area contributed by atoms with Gasteiger partial charge in [0.05, 0.1) is 12.5 Å². The number of hydrogen-bond donors (Lipinski definition) is 2. The number of aliphatic carboxylic acids is 1. The second-order valence-corrected chi connectivity index (χ2v) is 9.35. The van der Waals surface area contributed by atoms with E-state index in [1.54, 1.807) is 24.4 Å². The van der Waals surface area contributed by atoms with Crippen molar-refractivity contribution >= 4 is 11.9 Å². The van der Waals surface area contributed by atoms with Gasteiger partial charge in [-0.25, -0.2) is 0 Å². The first-order valence-corrected chi connectivity index (χ1v) is 12.5. The average Bonchev–Trinajstić information content (AvgIpc) is 3.35. The van der Waals surface area contributed by atoms with E-state index in [2.05, 4.69) is 5.32 Å². The summed E-state index contributed by atoms with van der Waals surface area (Å²) in [4.78, 5) is 38.9. The van der Waals surface area contributed by atoms with E-state index in [1.165, 1.54) is 4.57 Å². The molecule has 0 fully saturated rings. The number of aromatic nitrogens is 1. The van der Waals surface area contributed by atoms with E-state index in [9.17, 15) is 19.5 Å². The Kier molecular flexibility index (Phi) is 8.28. The number of carboxylic acids is 1. The number of benzene rings is 2. The Morgan fingerprint density at radius 1 is 1.08 bits per heavy atom. The fraction of sp³-hybridized carbons (Fsp3) is 0.345. The lowest BCUT2D eigenvalue weighted by atomic mass is 10.0. The molecule has 2 atom stereocenters. The lowest BCUT2D eigenvalue weighted by Crippen LogP contribution is -2.40. The van der Waals surface area contributed by atoms with Crippen LogP contribution >= 0.6 is 0 Å². The maximum absolute atomic E-state index is 13.7. The van der Waals surface area contributed by atoms with Crippen molar-refractivity contribution < 1.29 is 24.2 Å². The van der Waals surface area contributed by atoms with Crippen LogP contribution in [0.2, 0.25) is 0 Å². The molecular weight excluding hydrogens is 472 g/mol. The van der Waals surface area contributed by atoms with Gasteiger partial charge < -0.3 is 24.5 Å². The molecule has 194 valence electrons. The molecule has 0 saturated carbocycles. The summed E-state index contributed by atoms with van der Waals surface area (Å²) < 4.78 is 12.3. The smallest absolute Gasteiger partial charge is 0.305 e. The minimum absolute atomic E-state index is 0.0927. The second-order valence-electron chi connectivity index (χ2n) is 9.35. The zero-order chi connectivity index (χ0) is 26.4. The molecule has 37 heavy (non-hydrogen) atoms. The van der Waals surface area contributed by atoms with Gasteiger partial charge in [-0.2, -0.15) is 0 Å². The lowest BCUT2D eigenvalue weighted by molar-refractivity contribution is -0.138. The number of hydrogen-bond acceptors (Lipinski definition) is 5. The predicted molar refractivity (Wildman–Crippen MR) is 139 cm³/mol. The maximum Gasteiger partial charge on any atom is 0.305 e. The van der Waals surface area contributed by atoms with Crippen molar-refractivity contribution in [3.8, 4) is 11.5 Å². The molecule has 4 rings (SSSR count). The van der Waals surface area contributed by atoms with E-state index >= 15 is 0 Å². The number of nitrogens with one attached hydrogen (secondary N) is 1. The van der Waals surface area contributed by atoms with E-state index < -0.39 is 24.0 Å². The summed E-state index contributed by atoms with van der Waals surface area (Å²) in [5.41, 5.74) is 2.87. The van der Waals surface area contributed by atoms with Gasteiger partial charge in [0.2, 0.25) is 12.7 Å². The van der Waals surface area contributed by atoms with Crippen LogP contribution in [-0.4, -0.2) is 28.3 Å². The summed E-state index contributed by atoms with van der Waals surface area (Å²) in [5.74, 6) is -0.367. The van der Waals surface area contributed by atoms with E-state index in [0.717, 1.165) is 24.0 Å². The first kappa shape index (κ1) is 26.0. The molecule has 0 aliphatic carbocycles. The van der Waals surface area contributed by atoms with Crippen molar-refractivity contribution in [1.82, 2.24) is 9.88 Å². The third kappa shape index (κ3) is 6.39. The molecule has 2 N–H and O–H groups in total. The molecule has 8 nitrogen and oxygen atoms in total. The summed E-state index contributed by atoms with van der Waals surface area (Å²) in [5, 5.41) is 12.4. The molecule has 3 aromatic rings. The quantitative estimate of drug-likeness (QED) is 0.397. The summed E-state index contributed by atoms with van der Waals surface area (Å²) in [7, 11) is 0. The molecule has 0 saturated heterocycles. The highest BCUT2D eigenvalue weighted by atomic mass is 16.7. The fourth-order valence-corrected chi connectivity index (χ4v) is 4.61. The Balaban J connectivity index is 1.65. The Hall–Kier alpha value is -4.07. The molecule has 1 aliphatic rings. The van der Waals surface area contributed by atoms with Gasteiger partial charge in [-0.3, -0.25) is 14.4 Å². The predicted octanol–water partition coefficient (Wildman–Crippen LogP) is 4.54. The van der Waals surface area contributed by atoms with E-state index in [-0.39, 0.29) is 18.8 Å². The molecule has 1 amide bonds. The molecule has 1 aliphatic heterocycles. The Morgan fingerprint density at radius 3 is 2.57 bits per heavy atom. The first-order valence-electron chi connectivity index (χ1n) is 12.5. The van der Waals surface area contributed by atoms with Crippen LogP contribution in [-0.2, 0) is 16.0 Å². The largest absolute Gasteiger partial charge is 0.481 e. The van der Waals surface area contributed by atoms with Gasteiger partial charge in [0.15, 0.2) is 11.5 Å². The normalized spacial score (nSPS) is 13.7. The molecule has 2 heterocycles. The summed E-state index contributed by atoms with van der Waals surface area (Å²) in [6, 6.07) is 15.1. The number of unbranched alkanes of at least 4 members (excludes halogenated alkanes) is 1. The van der Waals surface area contributed by atoms with Gasteiger partial charge in [-0.05, 0) is 48.2 Å². The molecule has 0 radical (unpaired) electrons. The minimum atomic E-state index is -1.05. The number of carbonyl (C=O) groups is 2. The van der Waals surface area contributed by atoms with Crippen LogP contribution in [0.25, 0.3) is 0 Å². The van der Waals surface area contributed by atoms with Crippen molar-refractivity contribution in [3.05, 3.63) is 93.4 Å². The number of carbonyl (C=O) groups excluding carboxylic acids is 1. The molecule has 0 spiro atoms. The Bertz CT molecular complexity index is 1320. The SMILES string of the molecule is CCCC[C@@H](C(=O)N[C@@H](CC(=O)O)c1ccc2c(c1)OCO2)n1cc(C)cc(Cc2ccccc2)c1=O. The van der Waals surface area contributed by atoms with Gasteiger partial charge in [0.1, 0.15) is 6.04 Å². The van der Waals surface area contributed by atoms with Gasteiger partial charge in [0, 0.05) is 18.2 Å². The highest BCUT2D eigenvalue weighted by Gasteiger charge is 2.27. The molecule has 2 aromatic carbocycles. The lowest BCUT2D eigenvalue weighted by Gasteiger charge is -2.24. The van der Waals surface area contributed by atoms with Crippen molar-refractivity contribution in [2.75, 3.05) is 6.79 Å². The summed E-state index contributed by atoms with van der Waals surface area (Å²) in [6.07, 6.45) is 3.90. The third-order valence-electron chi connectivity index (χ3n) is 6.46. The van der Waals surface area contributed by atoms with Crippen LogP contribution in [0.1, 0.15) is 66.9 Å². The van der Waals surface area contributed by atoms with E-state index in [0.29, 0.717) is 35.5 Å². The highest BCUT2D eigenvalue weighted by molar-refractivity contribution is 5.81. The number of carboxylic acid groups (broad SMARTS) is 1. The second kappa shape index (κ2) is 11.8. The third-order valence-corrected chi connectivity index (χ3v) is 6.46. The van der Waals surface area contributed by atoms with Crippen LogP contribution in [0, 0.1) is 6.92 Å². The van der Waals surface area contributed by atoms with Crippen molar-refractivity contribution in [1.29, 1.82) is 0 Å². The topological polar surface area (TPSA) is 107 Å². The minimum Gasteiger partial charge on any atom is -0.481 e. The number of ether oxygens (including phenoxy) is 2. The fourth-order valence-electron chi connectivity index (χ4n) is 4.61. The zero-order valence-electron chi connectivity index (χ0n) is 21.1. The monoisotopic (exact) mass is 504 g/mol. The Labute approximate surface area is 215 Å². The van der Waals surface area contributed by atoms with Gasteiger partial charge in [0.25, 0.3) is 5.56 Å². The zero-order valence-corrected chi connectivity index (χ0v) is 21.1. The van der Waals surface area contributed by atoms with Gasteiger partial charge in [-0.15, -0.1) is 0 Å². The van der Waals surface area contributed by atoms with E-state index in [4.69, 9.17) is 9.47 Å². The van der Waals surface area contributed by atoms with Crippen LogP contribution in [0.15, 0.2) is 65.6 Å². The van der Waals surface area contributed by atoms with Gasteiger partial charge >= 0.3 is 5.97 Å². The highest BCUT2D eigenvalue weighted by Crippen LogP contribution is 2.35. The van der Waals surface area contributed by atoms with Crippen LogP contribution in [0.5, 0.6) is 11.5 Å². The van der Waals surface area contributed by atoms with Crippen molar-refractivity contribution in [3.63, 3.8) is 0 Å². The number of pyridine rings is 1. The van der Waals surface area contributed by atoms with Crippen LogP contribution in [0.4, 0.5) is 0 Å². The maximum atomic E-state index is 13.7. The summed E-state index contributed by atoms with van der Waals surface area (Å²) in [6.45, 7) is 4.02. The Morgan fingerprint density at radius 2 is 1.84 bits per heavy atom. The van der Waals surface area contributed by atoms with Crippen LogP contribution < -0.4 is 20.3 Å².